The summed E-state index contributed by atoms with van der Waals surface area (Å²) in [4.78, 5) is 33.8. The van der Waals surface area contributed by atoms with Gasteiger partial charge in [0.25, 0.3) is 11.6 Å². The maximum Gasteiger partial charge on any atom is 0.329 e. The molecule has 1 fully saturated rings. The highest BCUT2D eigenvalue weighted by atomic mass is 79.9. The van der Waals surface area contributed by atoms with Gasteiger partial charge >= 0.3 is 6.03 Å². The molecule has 1 saturated heterocycles. The van der Waals surface area contributed by atoms with E-state index in [0.29, 0.717) is 4.47 Å². The third-order valence-electron chi connectivity index (χ3n) is 2.23. The number of carbonyl (C=O) groups excluding carboxylic acids is 2. The lowest BCUT2D eigenvalue weighted by Gasteiger charge is -2.13. The summed E-state index contributed by atoms with van der Waals surface area (Å²) in [6, 6.07) is 3.29. The van der Waals surface area contributed by atoms with Crippen molar-refractivity contribution in [3.63, 3.8) is 0 Å². The lowest BCUT2D eigenvalue weighted by Crippen LogP contribution is -2.30. The molecule has 17 heavy (non-hydrogen) atoms. The number of nitrogens with one attached hydrogen (secondary N) is 1. The van der Waals surface area contributed by atoms with Gasteiger partial charge < -0.3 is 5.32 Å². The Bertz CT molecular complexity index is 515. The Morgan fingerprint density at radius 2 is 2.12 bits per heavy atom. The van der Waals surface area contributed by atoms with Crippen LogP contribution in [-0.2, 0) is 4.79 Å². The molecule has 0 spiro atoms. The summed E-state index contributed by atoms with van der Waals surface area (Å²) in [6.45, 7) is -0.0672. The van der Waals surface area contributed by atoms with E-state index in [0.717, 1.165) is 4.90 Å². The number of nitrogens with zero attached hydrogens (tertiary/aromatic N) is 2. The third-order valence-corrected chi connectivity index (χ3v) is 2.86. The molecule has 3 amide bonds. The van der Waals surface area contributed by atoms with Crippen LogP contribution in [0.1, 0.15) is 0 Å². The Balaban J connectivity index is 2.43. The minimum Gasteiger partial charge on any atom is -0.328 e. The average Bonchev–Trinajstić information content (AvgIpc) is 2.59. The van der Waals surface area contributed by atoms with E-state index in [1.54, 1.807) is 0 Å². The normalized spacial score (nSPS) is 15.0. The van der Waals surface area contributed by atoms with E-state index in [4.69, 9.17) is 0 Å². The second kappa shape index (κ2) is 4.13. The SMILES string of the molecule is O=C1CNC(=O)N1c1ccc([N+](=O)[O-])cc1Br. The second-order valence-electron chi connectivity index (χ2n) is 3.28. The summed E-state index contributed by atoms with van der Waals surface area (Å²) >= 11 is 3.10. The fourth-order valence-electron chi connectivity index (χ4n) is 1.46. The van der Waals surface area contributed by atoms with Crippen molar-refractivity contribution in [1.82, 2.24) is 5.32 Å². The molecule has 1 heterocycles. The maximum atomic E-state index is 11.4. The molecule has 1 aliphatic heterocycles. The smallest absolute Gasteiger partial charge is 0.328 e. The number of non-ortho nitro benzene ring substituents is 1. The molecule has 0 aromatic heterocycles. The van der Waals surface area contributed by atoms with Gasteiger partial charge in [-0.05, 0) is 22.0 Å². The van der Waals surface area contributed by atoms with Gasteiger partial charge in [0.05, 0.1) is 17.2 Å². The molecule has 0 aliphatic carbocycles. The summed E-state index contributed by atoms with van der Waals surface area (Å²) in [6.07, 6.45) is 0. The van der Waals surface area contributed by atoms with Gasteiger partial charge in [0.15, 0.2) is 0 Å². The average molecular weight is 300 g/mol. The van der Waals surface area contributed by atoms with Crippen molar-refractivity contribution in [3.05, 3.63) is 32.8 Å². The van der Waals surface area contributed by atoms with Crippen molar-refractivity contribution in [2.45, 2.75) is 0 Å². The van der Waals surface area contributed by atoms with Crippen molar-refractivity contribution < 1.29 is 14.5 Å². The van der Waals surface area contributed by atoms with E-state index in [1.165, 1.54) is 18.2 Å². The Labute approximate surface area is 104 Å². The molecular weight excluding hydrogens is 294 g/mol. The number of nitro benzene ring substituents is 1. The predicted molar refractivity (Wildman–Crippen MR) is 61.7 cm³/mol. The molecule has 0 saturated carbocycles. The summed E-state index contributed by atoms with van der Waals surface area (Å²) in [5.74, 6) is -0.399. The molecule has 1 aromatic rings. The van der Waals surface area contributed by atoms with Crippen molar-refractivity contribution >= 4 is 39.2 Å². The van der Waals surface area contributed by atoms with E-state index in [2.05, 4.69) is 21.2 Å². The molecule has 2 rings (SSSR count). The fourth-order valence-corrected chi connectivity index (χ4v) is 2.00. The van der Waals surface area contributed by atoms with Crippen LogP contribution >= 0.6 is 15.9 Å². The van der Waals surface area contributed by atoms with Crippen LogP contribution < -0.4 is 10.2 Å². The van der Waals surface area contributed by atoms with Gasteiger partial charge in [-0.15, -0.1) is 0 Å². The maximum absolute atomic E-state index is 11.4. The minimum absolute atomic E-state index is 0.0672. The first kappa shape index (κ1) is 11.5. The molecule has 0 bridgehead atoms. The number of urea groups is 1. The van der Waals surface area contributed by atoms with Crippen LogP contribution in [0.5, 0.6) is 0 Å². The second-order valence-corrected chi connectivity index (χ2v) is 4.14. The van der Waals surface area contributed by atoms with Crippen molar-refractivity contribution in [2.24, 2.45) is 0 Å². The predicted octanol–water partition coefficient (Wildman–Crippen LogP) is 1.41. The van der Waals surface area contributed by atoms with E-state index >= 15 is 0 Å². The van der Waals surface area contributed by atoms with Crippen molar-refractivity contribution in [2.75, 3.05) is 11.4 Å². The zero-order valence-electron chi connectivity index (χ0n) is 8.34. The molecule has 1 aliphatic rings. The van der Waals surface area contributed by atoms with Crippen molar-refractivity contribution in [3.8, 4) is 0 Å². The number of amides is 3. The molecule has 0 radical (unpaired) electrons. The van der Waals surface area contributed by atoms with Gasteiger partial charge in [-0.2, -0.15) is 0 Å². The Hall–Kier alpha value is -1.96. The van der Waals surface area contributed by atoms with Gasteiger partial charge in [-0.1, -0.05) is 0 Å². The number of benzene rings is 1. The summed E-state index contributed by atoms with van der Waals surface area (Å²) in [5, 5.41) is 12.9. The quantitative estimate of drug-likeness (QED) is 0.508. The van der Waals surface area contributed by atoms with Gasteiger partial charge in [0, 0.05) is 16.6 Å². The van der Waals surface area contributed by atoms with Crippen LogP contribution in [0.3, 0.4) is 0 Å². The van der Waals surface area contributed by atoms with E-state index in [1.807, 2.05) is 0 Å². The number of nitro groups is 1. The monoisotopic (exact) mass is 299 g/mol. The van der Waals surface area contributed by atoms with Crippen LogP contribution in [-0.4, -0.2) is 23.4 Å². The van der Waals surface area contributed by atoms with Crippen LogP contribution in [0.25, 0.3) is 0 Å². The number of halogens is 1. The van der Waals surface area contributed by atoms with Crippen molar-refractivity contribution in [1.29, 1.82) is 0 Å². The first-order valence-corrected chi connectivity index (χ1v) is 5.34. The van der Waals surface area contributed by atoms with Crippen LogP contribution in [0.15, 0.2) is 22.7 Å². The molecular formula is C9H6BrN3O4. The Kier molecular flexibility index (Phi) is 2.80. The van der Waals surface area contributed by atoms with Gasteiger partial charge in [0.1, 0.15) is 0 Å². The van der Waals surface area contributed by atoms with Gasteiger partial charge in [-0.25, -0.2) is 9.69 Å². The molecule has 7 nitrogen and oxygen atoms in total. The number of hydrogen-bond acceptors (Lipinski definition) is 4. The first-order chi connectivity index (χ1) is 8.00. The summed E-state index contributed by atoms with van der Waals surface area (Å²) in [7, 11) is 0. The fraction of sp³-hybridized carbons (Fsp3) is 0.111. The number of anilines is 1. The minimum atomic E-state index is -0.555. The lowest BCUT2D eigenvalue weighted by atomic mass is 10.2. The zero-order valence-corrected chi connectivity index (χ0v) is 9.93. The summed E-state index contributed by atoms with van der Waals surface area (Å²) < 4.78 is 0.317. The third kappa shape index (κ3) is 1.98. The van der Waals surface area contributed by atoms with Gasteiger partial charge in [0.2, 0.25) is 0 Å². The van der Waals surface area contributed by atoms with E-state index < -0.39 is 16.9 Å². The zero-order chi connectivity index (χ0) is 12.6. The molecule has 88 valence electrons. The molecule has 1 N–H and O–H groups in total. The Morgan fingerprint density at radius 3 is 2.59 bits per heavy atom. The first-order valence-electron chi connectivity index (χ1n) is 4.55. The number of imide groups is 1. The van der Waals surface area contributed by atoms with Crippen LogP contribution in [0, 0.1) is 10.1 Å². The molecule has 1 aromatic carbocycles. The standard InChI is InChI=1S/C9H6BrN3O4/c10-6-3-5(13(16)17)1-2-7(6)12-8(14)4-11-9(12)15/h1-3H,4H2,(H,11,15). The molecule has 0 unspecified atom stereocenters. The molecule has 8 heteroatoms. The van der Waals surface area contributed by atoms with E-state index in [-0.39, 0.29) is 17.9 Å². The highest BCUT2D eigenvalue weighted by molar-refractivity contribution is 9.10. The number of rotatable bonds is 2. The van der Waals surface area contributed by atoms with E-state index in [9.17, 15) is 19.7 Å². The Morgan fingerprint density at radius 1 is 1.41 bits per heavy atom. The van der Waals surface area contributed by atoms with Gasteiger partial charge in [-0.3, -0.25) is 14.9 Å². The number of carbonyl (C=O) groups is 2. The number of hydrogen-bond donors (Lipinski definition) is 1. The summed E-state index contributed by atoms with van der Waals surface area (Å²) in [5.41, 5.74) is 0.170. The highest BCUT2D eigenvalue weighted by Crippen LogP contribution is 2.31. The van der Waals surface area contributed by atoms with Crippen LogP contribution in [0.2, 0.25) is 0 Å². The lowest BCUT2D eigenvalue weighted by molar-refractivity contribution is -0.384. The highest BCUT2D eigenvalue weighted by Gasteiger charge is 2.31. The largest absolute Gasteiger partial charge is 0.329 e. The van der Waals surface area contributed by atoms with Crippen LogP contribution in [0.4, 0.5) is 16.2 Å². The molecule has 0 atom stereocenters. The topological polar surface area (TPSA) is 92.6 Å².